The third-order valence-corrected chi connectivity index (χ3v) is 2.76. The van der Waals surface area contributed by atoms with E-state index in [-0.39, 0.29) is 12.2 Å². The number of ether oxygens (including phenoxy) is 1. The van der Waals surface area contributed by atoms with Gasteiger partial charge in [-0.3, -0.25) is 4.79 Å². The van der Waals surface area contributed by atoms with Gasteiger partial charge in [0.2, 0.25) is 0 Å². The van der Waals surface area contributed by atoms with Crippen LogP contribution in [0.3, 0.4) is 0 Å². The molecule has 0 bridgehead atoms. The van der Waals surface area contributed by atoms with Gasteiger partial charge in [-0.1, -0.05) is 24.7 Å². The van der Waals surface area contributed by atoms with Crippen molar-refractivity contribution in [2.24, 2.45) is 0 Å². The summed E-state index contributed by atoms with van der Waals surface area (Å²) in [5.41, 5.74) is 0.625. The van der Waals surface area contributed by atoms with Gasteiger partial charge in [0, 0.05) is 18.4 Å². The Bertz CT molecular complexity index is 524. The fourth-order valence-electron chi connectivity index (χ4n) is 1.75. The lowest BCUT2D eigenvalue weighted by Gasteiger charge is -2.07. The summed E-state index contributed by atoms with van der Waals surface area (Å²) in [6, 6.07) is 5.40. The number of carboxylic acids is 1. The largest absolute Gasteiger partial charge is 0.573 e. The molecule has 1 N–H and O–H groups in total. The van der Waals surface area contributed by atoms with Crippen LogP contribution >= 0.6 is 0 Å². The number of hydrogen-bond donors (Lipinski definition) is 1. The molecule has 0 aliphatic rings. The molecule has 0 fully saturated rings. The second kappa shape index (κ2) is 8.98. The van der Waals surface area contributed by atoms with E-state index in [4.69, 9.17) is 5.11 Å². The highest BCUT2D eigenvalue weighted by Crippen LogP contribution is 2.22. The van der Waals surface area contributed by atoms with Crippen LogP contribution in [0.15, 0.2) is 24.3 Å². The Kier molecular flexibility index (Phi) is 7.30. The number of unbranched alkanes of at least 4 members (excludes halogenated alkanes) is 4. The zero-order valence-corrected chi connectivity index (χ0v) is 11.9. The summed E-state index contributed by atoms with van der Waals surface area (Å²) in [5, 5.41) is 8.47. The third-order valence-electron chi connectivity index (χ3n) is 2.76. The molecule has 3 nitrogen and oxygen atoms in total. The first-order valence-corrected chi connectivity index (χ1v) is 6.93. The minimum atomic E-state index is -4.69. The van der Waals surface area contributed by atoms with E-state index in [0.717, 1.165) is 19.3 Å². The molecule has 0 aliphatic heterocycles. The maximum atomic E-state index is 12.0. The van der Waals surface area contributed by atoms with Crippen LogP contribution in [0.1, 0.15) is 44.1 Å². The maximum Gasteiger partial charge on any atom is 0.573 e. The number of benzene rings is 1. The van der Waals surface area contributed by atoms with Crippen LogP contribution in [0.25, 0.3) is 0 Å². The quantitative estimate of drug-likeness (QED) is 0.601. The van der Waals surface area contributed by atoms with Crippen LogP contribution in [0.2, 0.25) is 0 Å². The monoisotopic (exact) mass is 314 g/mol. The SMILES string of the molecule is O=C(O)CCCCCCC#Cc1ccc(OC(F)(F)F)cc1. The van der Waals surface area contributed by atoms with Crippen molar-refractivity contribution in [3.05, 3.63) is 29.8 Å². The highest BCUT2D eigenvalue weighted by atomic mass is 19.4. The summed E-state index contributed by atoms with van der Waals surface area (Å²) >= 11 is 0. The van der Waals surface area contributed by atoms with Crippen molar-refractivity contribution in [2.45, 2.75) is 44.9 Å². The Hall–Kier alpha value is -2.16. The predicted octanol–water partition coefficient (Wildman–Crippen LogP) is 4.36. The van der Waals surface area contributed by atoms with Gasteiger partial charge < -0.3 is 9.84 Å². The van der Waals surface area contributed by atoms with Crippen LogP contribution in [0.5, 0.6) is 5.75 Å². The van der Waals surface area contributed by atoms with E-state index in [1.165, 1.54) is 24.3 Å². The van der Waals surface area contributed by atoms with E-state index in [9.17, 15) is 18.0 Å². The van der Waals surface area contributed by atoms with Gasteiger partial charge in [-0.15, -0.1) is 13.2 Å². The van der Waals surface area contributed by atoms with Gasteiger partial charge >= 0.3 is 12.3 Å². The predicted molar refractivity (Wildman–Crippen MR) is 75.3 cm³/mol. The standard InChI is InChI=1S/C16H17F3O3/c17-16(18,19)22-14-11-9-13(10-12-14)7-5-3-1-2-4-6-8-15(20)21/h9-12H,1-4,6,8H2,(H,20,21). The van der Waals surface area contributed by atoms with Gasteiger partial charge in [-0.2, -0.15) is 0 Å². The molecule has 1 aromatic carbocycles. The van der Waals surface area contributed by atoms with Crippen LogP contribution in [-0.4, -0.2) is 17.4 Å². The number of rotatable bonds is 7. The van der Waals surface area contributed by atoms with E-state index in [2.05, 4.69) is 16.6 Å². The number of alkyl halides is 3. The molecule has 1 rings (SSSR count). The van der Waals surface area contributed by atoms with E-state index >= 15 is 0 Å². The summed E-state index contributed by atoms with van der Waals surface area (Å²) < 4.78 is 39.7. The molecule has 0 aromatic heterocycles. The molecule has 22 heavy (non-hydrogen) atoms. The van der Waals surface area contributed by atoms with Crippen LogP contribution in [0, 0.1) is 11.8 Å². The molecule has 0 amide bonds. The number of halogens is 3. The van der Waals surface area contributed by atoms with Crippen molar-refractivity contribution in [3.8, 4) is 17.6 Å². The molecule has 0 spiro atoms. The van der Waals surface area contributed by atoms with E-state index in [1.54, 1.807) is 0 Å². The highest BCUT2D eigenvalue weighted by molar-refractivity contribution is 5.66. The number of carboxylic acid groups (broad SMARTS) is 1. The summed E-state index contributed by atoms with van der Waals surface area (Å²) in [6.07, 6.45) is -0.497. The first-order valence-electron chi connectivity index (χ1n) is 6.93. The maximum absolute atomic E-state index is 12.0. The van der Waals surface area contributed by atoms with Crippen molar-refractivity contribution in [3.63, 3.8) is 0 Å². The summed E-state index contributed by atoms with van der Waals surface area (Å²) in [6.45, 7) is 0. The fourth-order valence-corrected chi connectivity index (χ4v) is 1.75. The van der Waals surface area contributed by atoms with Gasteiger partial charge in [0.25, 0.3) is 0 Å². The molecule has 0 saturated heterocycles. The molecule has 0 radical (unpaired) electrons. The number of hydrogen-bond acceptors (Lipinski definition) is 2. The number of aliphatic carboxylic acids is 1. The average Bonchev–Trinajstić information content (AvgIpc) is 2.41. The highest BCUT2D eigenvalue weighted by Gasteiger charge is 2.30. The fraction of sp³-hybridized carbons (Fsp3) is 0.438. The summed E-state index contributed by atoms with van der Waals surface area (Å²) in [4.78, 5) is 10.3. The lowest BCUT2D eigenvalue weighted by molar-refractivity contribution is -0.274. The lowest BCUT2D eigenvalue weighted by atomic mass is 10.1. The van der Waals surface area contributed by atoms with Crippen molar-refractivity contribution < 1.29 is 27.8 Å². The molecule has 6 heteroatoms. The Morgan fingerprint density at radius 3 is 2.32 bits per heavy atom. The molecule has 0 atom stereocenters. The topological polar surface area (TPSA) is 46.5 Å². The Balaban J connectivity index is 2.26. The van der Waals surface area contributed by atoms with Gasteiger partial charge in [0.1, 0.15) is 5.75 Å². The Morgan fingerprint density at radius 1 is 1.09 bits per heavy atom. The van der Waals surface area contributed by atoms with Gasteiger partial charge in [0.05, 0.1) is 0 Å². The molecule has 0 saturated carbocycles. The van der Waals surface area contributed by atoms with Gasteiger partial charge in [-0.25, -0.2) is 0 Å². The minimum absolute atomic E-state index is 0.192. The van der Waals surface area contributed by atoms with Crippen LogP contribution < -0.4 is 4.74 Å². The molecule has 0 unspecified atom stereocenters. The molecule has 120 valence electrons. The minimum Gasteiger partial charge on any atom is -0.481 e. The normalized spacial score (nSPS) is 10.7. The number of carbonyl (C=O) groups is 1. The summed E-state index contributed by atoms with van der Waals surface area (Å²) in [5.74, 6) is 4.76. The second-order valence-electron chi connectivity index (χ2n) is 4.68. The zero-order valence-electron chi connectivity index (χ0n) is 11.9. The van der Waals surface area contributed by atoms with Gasteiger partial charge in [-0.05, 0) is 37.1 Å². The zero-order chi connectivity index (χ0) is 16.4. The van der Waals surface area contributed by atoms with Crippen LogP contribution in [0.4, 0.5) is 13.2 Å². The van der Waals surface area contributed by atoms with Gasteiger partial charge in [0.15, 0.2) is 0 Å². The Labute approximate surface area is 127 Å². The third kappa shape index (κ3) is 8.90. The second-order valence-corrected chi connectivity index (χ2v) is 4.68. The van der Waals surface area contributed by atoms with Crippen molar-refractivity contribution in [1.29, 1.82) is 0 Å². The molecular formula is C16H17F3O3. The molecular weight excluding hydrogens is 297 g/mol. The lowest BCUT2D eigenvalue weighted by Crippen LogP contribution is -2.16. The molecule has 0 aliphatic carbocycles. The Morgan fingerprint density at radius 2 is 1.73 bits per heavy atom. The van der Waals surface area contributed by atoms with E-state index in [1.807, 2.05) is 0 Å². The summed E-state index contributed by atoms with van der Waals surface area (Å²) in [7, 11) is 0. The first kappa shape index (κ1) is 17.9. The van der Waals surface area contributed by atoms with Crippen molar-refractivity contribution in [1.82, 2.24) is 0 Å². The van der Waals surface area contributed by atoms with E-state index < -0.39 is 12.3 Å². The van der Waals surface area contributed by atoms with Crippen molar-refractivity contribution >= 4 is 5.97 Å². The average molecular weight is 314 g/mol. The molecule has 1 aromatic rings. The molecule has 0 heterocycles. The first-order chi connectivity index (χ1) is 10.4. The smallest absolute Gasteiger partial charge is 0.481 e. The van der Waals surface area contributed by atoms with Crippen molar-refractivity contribution in [2.75, 3.05) is 0 Å². The van der Waals surface area contributed by atoms with Crippen LogP contribution in [-0.2, 0) is 4.79 Å². The van der Waals surface area contributed by atoms with E-state index in [0.29, 0.717) is 18.4 Å².